The van der Waals surface area contributed by atoms with Gasteiger partial charge in [-0.3, -0.25) is 9.59 Å². The molecule has 8 atom stereocenters. The molecule has 0 amide bonds. The molecule has 0 saturated heterocycles. The van der Waals surface area contributed by atoms with Crippen molar-refractivity contribution < 1.29 is 14.3 Å². The second-order valence-electron chi connectivity index (χ2n) is 10.4. The third-order valence-electron chi connectivity index (χ3n) is 9.41. The van der Waals surface area contributed by atoms with Crippen molar-refractivity contribution in [2.45, 2.75) is 91.6 Å². The van der Waals surface area contributed by atoms with Crippen LogP contribution in [-0.4, -0.2) is 17.9 Å². The molecular weight excluding hydrogens is 324 g/mol. The molecule has 0 heterocycles. The summed E-state index contributed by atoms with van der Waals surface area (Å²) in [4.78, 5) is 23.8. The van der Waals surface area contributed by atoms with Gasteiger partial charge < -0.3 is 4.74 Å². The fourth-order valence-corrected chi connectivity index (χ4v) is 7.99. The molecule has 0 aromatic carbocycles. The Kier molecular flexibility index (Phi) is 4.51. The second-order valence-corrected chi connectivity index (χ2v) is 10.4. The Hall–Kier alpha value is -0.860. The summed E-state index contributed by atoms with van der Waals surface area (Å²) in [6, 6.07) is 0. The van der Waals surface area contributed by atoms with Crippen molar-refractivity contribution in [1.29, 1.82) is 0 Å². The van der Waals surface area contributed by atoms with Crippen LogP contribution in [0, 0.1) is 40.4 Å². The van der Waals surface area contributed by atoms with Crippen LogP contribution in [0.3, 0.4) is 0 Å². The molecule has 4 saturated carbocycles. The van der Waals surface area contributed by atoms with Crippen molar-refractivity contribution >= 4 is 11.8 Å². The monoisotopic (exact) mass is 360 g/mol. The average Bonchev–Trinajstić information content (AvgIpc) is 2.91. The number of carbonyl (C=O) groups excluding carboxylic acids is 2. The molecule has 4 aliphatic carbocycles. The van der Waals surface area contributed by atoms with Gasteiger partial charge in [-0.2, -0.15) is 0 Å². The Labute approximate surface area is 158 Å². The minimum atomic E-state index is -0.118. The van der Waals surface area contributed by atoms with Crippen LogP contribution in [0.25, 0.3) is 0 Å². The zero-order chi connectivity index (χ0) is 18.7. The van der Waals surface area contributed by atoms with Gasteiger partial charge in [-0.25, -0.2) is 0 Å². The number of hydrogen-bond acceptors (Lipinski definition) is 3. The molecule has 4 aliphatic rings. The lowest BCUT2D eigenvalue weighted by atomic mass is 9.42. The lowest BCUT2D eigenvalue weighted by Gasteiger charge is -2.62. The van der Waals surface area contributed by atoms with Crippen molar-refractivity contribution in [3.05, 3.63) is 0 Å². The molecule has 0 bridgehead atoms. The van der Waals surface area contributed by atoms with Gasteiger partial charge in [-0.15, -0.1) is 0 Å². The first-order valence-corrected chi connectivity index (χ1v) is 11.0. The largest absolute Gasteiger partial charge is 0.462 e. The van der Waals surface area contributed by atoms with Crippen molar-refractivity contribution in [2.24, 2.45) is 40.4 Å². The van der Waals surface area contributed by atoms with Gasteiger partial charge >= 0.3 is 5.97 Å². The van der Waals surface area contributed by atoms with Crippen LogP contribution in [-0.2, 0) is 14.3 Å². The molecule has 0 aromatic rings. The van der Waals surface area contributed by atoms with E-state index in [1.807, 2.05) is 0 Å². The standard InChI is InChI=1S/C23H36O3/c1-5-15-12-16-13-17(25)8-10-22(16,3)19-9-11-23(4)18(21(15)19)6-7-20(23)26-14(2)24/h15-16,18-21H,5-13H2,1-4H3/t15-,16-,18-,19-,20-,21-,22-,23-/m0/s1. The van der Waals surface area contributed by atoms with Gasteiger partial charge in [0.05, 0.1) is 0 Å². The van der Waals surface area contributed by atoms with Crippen molar-refractivity contribution in [1.82, 2.24) is 0 Å². The van der Waals surface area contributed by atoms with Crippen LogP contribution >= 0.6 is 0 Å². The molecular formula is C23H36O3. The summed E-state index contributed by atoms with van der Waals surface area (Å²) in [6.07, 6.45) is 10.0. The summed E-state index contributed by atoms with van der Waals surface area (Å²) < 4.78 is 5.79. The summed E-state index contributed by atoms with van der Waals surface area (Å²) in [5, 5.41) is 0. The summed E-state index contributed by atoms with van der Waals surface area (Å²) in [6.45, 7) is 8.82. The van der Waals surface area contributed by atoms with E-state index in [4.69, 9.17) is 4.74 Å². The average molecular weight is 361 g/mol. The Morgan fingerprint density at radius 3 is 2.54 bits per heavy atom. The van der Waals surface area contributed by atoms with Crippen LogP contribution in [0.4, 0.5) is 0 Å². The normalized spacial score (nSPS) is 50.5. The summed E-state index contributed by atoms with van der Waals surface area (Å²) in [7, 11) is 0. The third-order valence-corrected chi connectivity index (χ3v) is 9.41. The second kappa shape index (κ2) is 6.34. The van der Waals surface area contributed by atoms with Crippen LogP contribution in [0.2, 0.25) is 0 Å². The summed E-state index contributed by atoms with van der Waals surface area (Å²) in [5.74, 6) is 3.92. The number of rotatable bonds is 2. The number of carbonyl (C=O) groups is 2. The molecule has 4 rings (SSSR count). The molecule has 0 radical (unpaired) electrons. The van der Waals surface area contributed by atoms with Crippen LogP contribution < -0.4 is 0 Å². The van der Waals surface area contributed by atoms with E-state index in [0.29, 0.717) is 23.0 Å². The van der Waals surface area contributed by atoms with Crippen LogP contribution in [0.5, 0.6) is 0 Å². The maximum atomic E-state index is 12.1. The van der Waals surface area contributed by atoms with E-state index < -0.39 is 0 Å². The third kappa shape index (κ3) is 2.59. The SMILES string of the molecule is CC[C@H]1C[C@H]2CC(=O)CC[C@]2(C)[C@H]2CC[C@]3(C)[C@@H](OC(C)=O)CC[C@H]3[C@H]12. The topological polar surface area (TPSA) is 43.4 Å². The molecule has 146 valence electrons. The number of Topliss-reactive ketones (excluding diaryl/α,β-unsaturated/α-hetero) is 1. The first-order chi connectivity index (χ1) is 12.3. The van der Waals surface area contributed by atoms with E-state index in [1.54, 1.807) is 6.92 Å². The number of ketones is 1. The van der Waals surface area contributed by atoms with E-state index in [1.165, 1.54) is 32.1 Å². The van der Waals surface area contributed by atoms with Gasteiger partial charge in [-0.1, -0.05) is 27.2 Å². The van der Waals surface area contributed by atoms with Gasteiger partial charge in [0.25, 0.3) is 0 Å². The molecule has 26 heavy (non-hydrogen) atoms. The quantitative estimate of drug-likeness (QED) is 0.638. The molecule has 4 fully saturated rings. The molecule has 0 aromatic heterocycles. The minimum absolute atomic E-state index is 0.113. The predicted octanol–water partition coefficient (Wildman–Crippen LogP) is 5.17. The van der Waals surface area contributed by atoms with Gasteiger partial charge in [0.2, 0.25) is 0 Å². The first-order valence-electron chi connectivity index (χ1n) is 11.0. The molecule has 0 aliphatic heterocycles. The van der Waals surface area contributed by atoms with E-state index >= 15 is 0 Å². The summed E-state index contributed by atoms with van der Waals surface area (Å²) >= 11 is 0. The highest BCUT2D eigenvalue weighted by atomic mass is 16.5. The van der Waals surface area contributed by atoms with Gasteiger partial charge in [0.15, 0.2) is 0 Å². The Bertz CT molecular complexity index is 598. The molecule has 0 spiro atoms. The Morgan fingerprint density at radius 2 is 1.85 bits per heavy atom. The maximum absolute atomic E-state index is 12.1. The van der Waals surface area contributed by atoms with Gasteiger partial charge in [0, 0.05) is 25.2 Å². The van der Waals surface area contributed by atoms with Crippen LogP contribution in [0.1, 0.15) is 85.5 Å². The number of ether oxygens (including phenoxy) is 1. The van der Waals surface area contributed by atoms with E-state index in [9.17, 15) is 9.59 Å². The van der Waals surface area contributed by atoms with E-state index in [-0.39, 0.29) is 17.5 Å². The van der Waals surface area contributed by atoms with Crippen molar-refractivity contribution in [3.8, 4) is 0 Å². The number of esters is 1. The van der Waals surface area contributed by atoms with E-state index in [0.717, 1.165) is 43.4 Å². The fourth-order valence-electron chi connectivity index (χ4n) is 7.99. The highest BCUT2D eigenvalue weighted by Gasteiger charge is 2.62. The highest BCUT2D eigenvalue weighted by Crippen LogP contribution is 2.68. The fraction of sp³-hybridized carbons (Fsp3) is 0.913. The molecule has 0 N–H and O–H groups in total. The zero-order valence-electron chi connectivity index (χ0n) is 17.1. The molecule has 3 heteroatoms. The molecule has 0 unspecified atom stereocenters. The van der Waals surface area contributed by atoms with Crippen molar-refractivity contribution in [3.63, 3.8) is 0 Å². The Balaban J connectivity index is 1.66. The molecule has 3 nitrogen and oxygen atoms in total. The predicted molar refractivity (Wildman–Crippen MR) is 101 cm³/mol. The zero-order valence-corrected chi connectivity index (χ0v) is 17.1. The number of hydrogen-bond donors (Lipinski definition) is 0. The van der Waals surface area contributed by atoms with Gasteiger partial charge in [0.1, 0.15) is 11.9 Å². The van der Waals surface area contributed by atoms with Gasteiger partial charge in [-0.05, 0) is 73.5 Å². The number of fused-ring (bicyclic) bond motifs is 5. The van der Waals surface area contributed by atoms with Crippen molar-refractivity contribution in [2.75, 3.05) is 0 Å². The first kappa shape index (κ1) is 18.5. The lowest BCUT2D eigenvalue weighted by Crippen LogP contribution is -2.57. The Morgan fingerprint density at radius 1 is 1.12 bits per heavy atom. The minimum Gasteiger partial charge on any atom is -0.462 e. The maximum Gasteiger partial charge on any atom is 0.302 e. The van der Waals surface area contributed by atoms with E-state index in [2.05, 4.69) is 20.8 Å². The highest BCUT2D eigenvalue weighted by molar-refractivity contribution is 5.79. The van der Waals surface area contributed by atoms with Crippen LogP contribution in [0.15, 0.2) is 0 Å². The smallest absolute Gasteiger partial charge is 0.302 e. The lowest BCUT2D eigenvalue weighted by molar-refractivity contribution is -0.169. The summed E-state index contributed by atoms with van der Waals surface area (Å²) in [5.41, 5.74) is 0.513.